The van der Waals surface area contributed by atoms with Crippen LogP contribution in [0.5, 0.6) is 11.5 Å². The van der Waals surface area contributed by atoms with E-state index in [1.807, 2.05) is 20.8 Å². The Morgan fingerprint density at radius 3 is 2.30 bits per heavy atom. The zero-order chi connectivity index (χ0) is 35.2. The Morgan fingerprint density at radius 2 is 1.70 bits per heavy atom. The molecule has 4 aliphatic rings. The molecule has 3 fully saturated rings. The second-order valence-electron chi connectivity index (χ2n) is 15.9. The van der Waals surface area contributed by atoms with Crippen LogP contribution in [0.2, 0.25) is 0 Å². The van der Waals surface area contributed by atoms with E-state index in [1.165, 1.54) is 32.9 Å². The fourth-order valence-corrected chi connectivity index (χ4v) is 9.72. The predicted octanol–water partition coefficient (Wildman–Crippen LogP) is 0.505. The molecule has 12 heteroatoms. The van der Waals surface area contributed by atoms with Gasteiger partial charge < -0.3 is 55.4 Å². The second-order valence-corrected chi connectivity index (χ2v) is 15.9. The summed E-state index contributed by atoms with van der Waals surface area (Å²) < 4.78 is 11.4. The SMILES string of the molecule is Cc1c(O)c(OC2OC(CO)C(O)C(O)C2O)cc2c1CC[C@@H]1[C@@]2(C)C(=O)C[C@]2(C)[C@@H]([C@@](C)(O)C(O)C=CC(C)(C)O)[C@H](O)C[C@@]12C. The second kappa shape index (κ2) is 11.7. The molecule has 1 aromatic rings. The molecule has 1 saturated heterocycles. The molecule has 0 aromatic heterocycles. The molecule has 3 aliphatic carbocycles. The number of aliphatic hydroxyl groups is 8. The summed E-state index contributed by atoms with van der Waals surface area (Å²) in [6.45, 7) is 11.4. The van der Waals surface area contributed by atoms with E-state index in [2.05, 4.69) is 0 Å². The highest BCUT2D eigenvalue weighted by atomic mass is 16.7. The van der Waals surface area contributed by atoms with Crippen LogP contribution in [0.4, 0.5) is 0 Å². The average Bonchev–Trinajstić information content (AvgIpc) is 3.19. The van der Waals surface area contributed by atoms with E-state index < -0.39 is 82.9 Å². The number of aromatic hydroxyl groups is 1. The molecule has 0 spiro atoms. The summed E-state index contributed by atoms with van der Waals surface area (Å²) in [5.74, 6) is -1.68. The molecule has 5 rings (SSSR count). The standard InChI is InChI=1S/C35H52O12/c1-16-17-8-9-22-32(4)13-19(37)29(35(7,45)23(38)10-11-31(2,3)44)33(32,5)14-24(39)34(22,6)18(17)12-20(25(16)40)46-30-28(43)27(42)26(41)21(15-36)47-30/h10-12,19,21-23,26-30,36-38,40-45H,8-9,13-15H2,1-7H3/t19-,21?,22+,23?,26?,27?,28?,29+,30?,32+,33-,34+,35+/m1/s1. The molecule has 0 radical (unpaired) electrons. The van der Waals surface area contributed by atoms with E-state index in [4.69, 9.17) is 9.47 Å². The topological polar surface area (TPSA) is 218 Å². The molecular weight excluding hydrogens is 612 g/mol. The Labute approximate surface area is 275 Å². The number of aliphatic hydroxyl groups excluding tert-OH is 6. The number of hydrogen-bond acceptors (Lipinski definition) is 12. The summed E-state index contributed by atoms with van der Waals surface area (Å²) in [7, 11) is 0. The molecule has 1 aliphatic heterocycles. The molecule has 0 bridgehead atoms. The van der Waals surface area contributed by atoms with Crippen LogP contribution in [0.1, 0.15) is 77.5 Å². The van der Waals surface area contributed by atoms with Crippen molar-refractivity contribution in [2.45, 2.75) is 134 Å². The lowest BCUT2D eigenvalue weighted by atomic mass is 9.41. The number of phenols is 1. The average molecular weight is 665 g/mol. The third kappa shape index (κ3) is 5.35. The zero-order valence-electron chi connectivity index (χ0n) is 28.2. The van der Waals surface area contributed by atoms with Gasteiger partial charge in [0.25, 0.3) is 0 Å². The molecule has 13 atom stereocenters. The van der Waals surface area contributed by atoms with E-state index in [-0.39, 0.29) is 36.0 Å². The van der Waals surface area contributed by atoms with Gasteiger partial charge in [0.2, 0.25) is 6.29 Å². The fraction of sp³-hybridized carbons (Fsp3) is 0.743. The Balaban J connectivity index is 1.55. The van der Waals surface area contributed by atoms with Gasteiger partial charge in [-0.2, -0.15) is 0 Å². The number of rotatable bonds is 7. The number of Topliss-reactive ketones (excluding diaryl/α,β-unsaturated/α-hetero) is 1. The highest BCUT2D eigenvalue weighted by Crippen LogP contribution is 2.72. The Hall–Kier alpha value is -2.13. The number of hydrogen-bond donors (Lipinski definition) is 9. The Morgan fingerprint density at radius 1 is 1.06 bits per heavy atom. The van der Waals surface area contributed by atoms with Crippen molar-refractivity contribution in [2.75, 3.05) is 6.61 Å². The van der Waals surface area contributed by atoms with Crippen LogP contribution in [0.25, 0.3) is 0 Å². The largest absolute Gasteiger partial charge is 0.504 e. The van der Waals surface area contributed by atoms with Crippen LogP contribution in [0.3, 0.4) is 0 Å². The van der Waals surface area contributed by atoms with Crippen molar-refractivity contribution in [3.8, 4) is 11.5 Å². The van der Waals surface area contributed by atoms with Crippen molar-refractivity contribution in [1.29, 1.82) is 0 Å². The summed E-state index contributed by atoms with van der Waals surface area (Å²) in [6.07, 6.45) is -6.22. The van der Waals surface area contributed by atoms with Gasteiger partial charge in [-0.05, 0) is 93.4 Å². The summed E-state index contributed by atoms with van der Waals surface area (Å²) in [4.78, 5) is 14.6. The van der Waals surface area contributed by atoms with Gasteiger partial charge in [0.15, 0.2) is 11.5 Å². The van der Waals surface area contributed by atoms with Gasteiger partial charge in [-0.1, -0.05) is 26.0 Å². The number of carbonyl (C=O) groups excluding carboxylic acids is 1. The highest BCUT2D eigenvalue weighted by Gasteiger charge is 2.73. The minimum atomic E-state index is -1.84. The molecule has 1 aromatic carbocycles. The van der Waals surface area contributed by atoms with Gasteiger partial charge in [-0.3, -0.25) is 4.79 Å². The first-order valence-corrected chi connectivity index (χ1v) is 16.4. The van der Waals surface area contributed by atoms with Gasteiger partial charge in [0.1, 0.15) is 36.3 Å². The van der Waals surface area contributed by atoms with E-state index in [1.54, 1.807) is 13.0 Å². The van der Waals surface area contributed by atoms with Crippen molar-refractivity contribution < 1.29 is 60.2 Å². The molecule has 6 unspecified atom stereocenters. The first-order chi connectivity index (χ1) is 21.6. The molecule has 1 heterocycles. The van der Waals surface area contributed by atoms with Crippen molar-refractivity contribution in [1.82, 2.24) is 0 Å². The maximum atomic E-state index is 14.6. The lowest BCUT2D eigenvalue weighted by molar-refractivity contribution is -0.277. The van der Waals surface area contributed by atoms with Crippen molar-refractivity contribution in [3.63, 3.8) is 0 Å². The predicted molar refractivity (Wildman–Crippen MR) is 168 cm³/mol. The van der Waals surface area contributed by atoms with Crippen LogP contribution in [0.15, 0.2) is 18.2 Å². The van der Waals surface area contributed by atoms with Crippen molar-refractivity contribution in [3.05, 3.63) is 34.9 Å². The van der Waals surface area contributed by atoms with Gasteiger partial charge in [-0.15, -0.1) is 0 Å². The van der Waals surface area contributed by atoms with E-state index in [0.29, 0.717) is 24.0 Å². The zero-order valence-corrected chi connectivity index (χ0v) is 28.2. The number of ether oxygens (including phenoxy) is 2. The summed E-state index contributed by atoms with van der Waals surface area (Å²) in [5, 5.41) is 96.6. The Kier molecular flexibility index (Phi) is 9.03. The first-order valence-electron chi connectivity index (χ1n) is 16.4. The van der Waals surface area contributed by atoms with Gasteiger partial charge in [-0.25, -0.2) is 0 Å². The fourth-order valence-electron chi connectivity index (χ4n) is 9.72. The molecule has 264 valence electrons. The lowest BCUT2D eigenvalue weighted by Crippen LogP contribution is -2.64. The molecule has 2 saturated carbocycles. The van der Waals surface area contributed by atoms with Crippen LogP contribution in [-0.2, 0) is 21.4 Å². The lowest BCUT2D eigenvalue weighted by Gasteiger charge is -2.62. The number of benzene rings is 1. The van der Waals surface area contributed by atoms with E-state index in [9.17, 15) is 50.8 Å². The number of fused-ring (bicyclic) bond motifs is 5. The smallest absolute Gasteiger partial charge is 0.229 e. The minimum absolute atomic E-state index is 0.0153. The molecule has 0 amide bonds. The van der Waals surface area contributed by atoms with Crippen LogP contribution >= 0.6 is 0 Å². The minimum Gasteiger partial charge on any atom is -0.504 e. The van der Waals surface area contributed by atoms with Gasteiger partial charge >= 0.3 is 0 Å². The summed E-state index contributed by atoms with van der Waals surface area (Å²) in [6, 6.07) is 1.55. The van der Waals surface area contributed by atoms with Crippen molar-refractivity contribution in [2.24, 2.45) is 22.7 Å². The monoisotopic (exact) mass is 664 g/mol. The van der Waals surface area contributed by atoms with Crippen molar-refractivity contribution >= 4 is 5.78 Å². The molecule has 9 N–H and O–H groups in total. The number of carbonyl (C=O) groups is 1. The molecule has 47 heavy (non-hydrogen) atoms. The number of ketones is 1. The van der Waals surface area contributed by atoms with E-state index in [0.717, 1.165) is 5.56 Å². The van der Waals surface area contributed by atoms with Gasteiger partial charge in [0.05, 0.1) is 29.3 Å². The third-order valence-corrected chi connectivity index (χ3v) is 12.5. The summed E-state index contributed by atoms with van der Waals surface area (Å²) in [5.41, 5.74) is -3.93. The number of phenolic OH excluding ortho intramolecular Hbond substituents is 1. The van der Waals surface area contributed by atoms with Crippen LogP contribution < -0.4 is 4.74 Å². The highest BCUT2D eigenvalue weighted by molar-refractivity contribution is 5.93. The first kappa shape index (κ1) is 36.2. The Bertz CT molecular complexity index is 1420. The van der Waals surface area contributed by atoms with Gasteiger partial charge in [0, 0.05) is 12.3 Å². The third-order valence-electron chi connectivity index (χ3n) is 12.5. The van der Waals surface area contributed by atoms with E-state index >= 15 is 0 Å². The molecule has 12 nitrogen and oxygen atoms in total. The maximum absolute atomic E-state index is 14.6. The summed E-state index contributed by atoms with van der Waals surface area (Å²) >= 11 is 0. The van der Waals surface area contributed by atoms with Crippen LogP contribution in [-0.4, -0.2) is 112 Å². The maximum Gasteiger partial charge on any atom is 0.229 e. The normalized spacial score (nSPS) is 42.4. The quantitative estimate of drug-likeness (QED) is 0.182. The molecular formula is C35H52O12. The van der Waals surface area contributed by atoms with Crippen LogP contribution in [0, 0.1) is 29.6 Å².